The van der Waals surface area contributed by atoms with Gasteiger partial charge in [0.25, 0.3) is 0 Å². The minimum atomic E-state index is -0.238. The van der Waals surface area contributed by atoms with Crippen LogP contribution in [0.2, 0.25) is 0 Å². The van der Waals surface area contributed by atoms with Crippen molar-refractivity contribution in [1.82, 2.24) is 10.1 Å². The van der Waals surface area contributed by atoms with Crippen molar-refractivity contribution in [2.24, 2.45) is 0 Å². The number of aromatic nitrogens is 2. The lowest BCUT2D eigenvalue weighted by molar-refractivity contribution is 0.100. The van der Waals surface area contributed by atoms with E-state index in [0.717, 1.165) is 0 Å². The van der Waals surface area contributed by atoms with Gasteiger partial charge in [-0.15, -0.1) is 0 Å². The van der Waals surface area contributed by atoms with Gasteiger partial charge >= 0.3 is 0 Å². The normalized spacial score (nSPS) is 10.0. The fraction of sp³-hybridized carbons (Fsp3) is 0.500. The van der Waals surface area contributed by atoms with Crippen molar-refractivity contribution >= 4 is 5.78 Å². The van der Waals surface area contributed by atoms with Gasteiger partial charge in [0.1, 0.15) is 0 Å². The average molecular weight is 156 g/mol. The highest BCUT2D eigenvalue weighted by atomic mass is 16.5. The van der Waals surface area contributed by atoms with E-state index in [1.165, 1.54) is 6.92 Å². The van der Waals surface area contributed by atoms with Gasteiger partial charge in [0.15, 0.2) is 0 Å². The Morgan fingerprint density at radius 1 is 1.73 bits per heavy atom. The first kappa shape index (κ1) is 7.87. The molecule has 0 radical (unpaired) electrons. The average Bonchev–Trinajstić information content (AvgIpc) is 2.37. The molecule has 0 saturated carbocycles. The molecule has 0 spiro atoms. The smallest absolute Gasteiger partial charge is 0.238 e. The molecule has 0 aliphatic rings. The largest absolute Gasteiger partial charge is 0.396 e. The molecule has 1 aromatic heterocycles. The second-order valence-corrected chi connectivity index (χ2v) is 2.04. The standard InChI is InChI=1S/C6H8N2O3/c1-4(10)6-7-5(2-3-9)11-8-6/h9H,2-3H2,1H3. The first-order valence-corrected chi connectivity index (χ1v) is 3.18. The summed E-state index contributed by atoms with van der Waals surface area (Å²) < 4.78 is 4.62. The number of aliphatic hydroxyl groups excluding tert-OH is 1. The predicted molar refractivity (Wildman–Crippen MR) is 35.1 cm³/mol. The van der Waals surface area contributed by atoms with Crippen LogP contribution in [0.3, 0.4) is 0 Å². The van der Waals surface area contributed by atoms with Gasteiger partial charge in [-0.3, -0.25) is 4.79 Å². The van der Waals surface area contributed by atoms with Crippen molar-refractivity contribution < 1.29 is 14.4 Å². The van der Waals surface area contributed by atoms with Crippen LogP contribution >= 0.6 is 0 Å². The Morgan fingerprint density at radius 3 is 2.91 bits per heavy atom. The second kappa shape index (κ2) is 3.25. The topological polar surface area (TPSA) is 76.2 Å². The first-order chi connectivity index (χ1) is 5.24. The molecule has 0 amide bonds. The number of aliphatic hydroxyl groups is 1. The van der Waals surface area contributed by atoms with Crippen LogP contribution in [0, 0.1) is 0 Å². The molecule has 1 N–H and O–H groups in total. The van der Waals surface area contributed by atoms with Gasteiger partial charge in [0.05, 0.1) is 13.0 Å². The summed E-state index contributed by atoms with van der Waals surface area (Å²) in [7, 11) is 0. The maximum Gasteiger partial charge on any atom is 0.238 e. The second-order valence-electron chi connectivity index (χ2n) is 2.04. The molecule has 5 nitrogen and oxygen atoms in total. The van der Waals surface area contributed by atoms with Crippen molar-refractivity contribution in [2.75, 3.05) is 6.61 Å². The molecule has 0 aliphatic carbocycles. The highest BCUT2D eigenvalue weighted by Gasteiger charge is 2.08. The predicted octanol–water partition coefficient (Wildman–Crippen LogP) is -0.193. The van der Waals surface area contributed by atoms with E-state index in [-0.39, 0.29) is 24.1 Å². The van der Waals surface area contributed by atoms with Crippen LogP contribution in [0.25, 0.3) is 0 Å². The summed E-state index contributed by atoms with van der Waals surface area (Å²) in [6.07, 6.45) is 0.292. The number of carbonyl (C=O) groups excluding carboxylic acids is 1. The molecule has 0 unspecified atom stereocenters. The van der Waals surface area contributed by atoms with Crippen LogP contribution in [-0.4, -0.2) is 27.6 Å². The molecule has 0 atom stereocenters. The molecule has 0 aromatic carbocycles. The molecule has 0 fully saturated rings. The maximum atomic E-state index is 10.6. The van der Waals surface area contributed by atoms with Gasteiger partial charge in [-0.05, 0) is 0 Å². The minimum absolute atomic E-state index is 0.0560. The Kier molecular flexibility index (Phi) is 2.32. The maximum absolute atomic E-state index is 10.6. The molecule has 5 heteroatoms. The third-order valence-electron chi connectivity index (χ3n) is 1.11. The summed E-state index contributed by atoms with van der Waals surface area (Å²) >= 11 is 0. The van der Waals surface area contributed by atoms with E-state index in [2.05, 4.69) is 14.7 Å². The summed E-state index contributed by atoms with van der Waals surface area (Å²) in [4.78, 5) is 14.3. The molecule has 0 saturated heterocycles. The van der Waals surface area contributed by atoms with E-state index in [4.69, 9.17) is 5.11 Å². The highest BCUT2D eigenvalue weighted by molar-refractivity contribution is 5.89. The monoisotopic (exact) mass is 156 g/mol. The van der Waals surface area contributed by atoms with Gasteiger partial charge < -0.3 is 9.63 Å². The van der Waals surface area contributed by atoms with E-state index in [1.807, 2.05) is 0 Å². The molecular weight excluding hydrogens is 148 g/mol. The number of nitrogens with zero attached hydrogens (tertiary/aromatic N) is 2. The van der Waals surface area contributed by atoms with Gasteiger partial charge in [0.2, 0.25) is 17.5 Å². The quantitative estimate of drug-likeness (QED) is 0.613. The fourth-order valence-corrected chi connectivity index (χ4v) is 0.595. The third-order valence-corrected chi connectivity index (χ3v) is 1.11. The van der Waals surface area contributed by atoms with Crippen molar-refractivity contribution in [2.45, 2.75) is 13.3 Å². The fourth-order valence-electron chi connectivity index (χ4n) is 0.595. The number of carbonyl (C=O) groups is 1. The van der Waals surface area contributed by atoms with Crippen LogP contribution in [0.4, 0.5) is 0 Å². The lowest BCUT2D eigenvalue weighted by Crippen LogP contribution is -1.96. The molecule has 0 aliphatic heterocycles. The molecular formula is C6H8N2O3. The molecule has 1 aromatic rings. The summed E-state index contributed by atoms with van der Waals surface area (Å²) in [5.41, 5.74) is 0. The third kappa shape index (κ3) is 1.84. The zero-order chi connectivity index (χ0) is 8.27. The Hall–Kier alpha value is -1.23. The lowest BCUT2D eigenvalue weighted by atomic mass is 10.4. The van der Waals surface area contributed by atoms with E-state index in [0.29, 0.717) is 6.42 Å². The number of hydrogen-bond donors (Lipinski definition) is 1. The molecule has 1 heterocycles. The van der Waals surface area contributed by atoms with E-state index >= 15 is 0 Å². The molecule has 11 heavy (non-hydrogen) atoms. The number of rotatable bonds is 3. The van der Waals surface area contributed by atoms with Crippen LogP contribution < -0.4 is 0 Å². The van der Waals surface area contributed by atoms with E-state index < -0.39 is 0 Å². The van der Waals surface area contributed by atoms with E-state index in [1.54, 1.807) is 0 Å². The Morgan fingerprint density at radius 2 is 2.45 bits per heavy atom. The molecule has 1 rings (SSSR count). The summed E-state index contributed by atoms with van der Waals surface area (Å²) in [6.45, 7) is 1.30. The molecule has 60 valence electrons. The summed E-state index contributed by atoms with van der Waals surface area (Å²) in [5.74, 6) is 0.115. The van der Waals surface area contributed by atoms with Crippen LogP contribution in [0.1, 0.15) is 23.4 Å². The Labute approximate surface area is 63.0 Å². The van der Waals surface area contributed by atoms with Crippen LogP contribution in [-0.2, 0) is 6.42 Å². The van der Waals surface area contributed by atoms with E-state index in [9.17, 15) is 4.79 Å². The summed E-state index contributed by atoms with van der Waals surface area (Å²) in [5, 5.41) is 11.8. The Bertz CT molecular complexity index is 256. The number of hydrogen-bond acceptors (Lipinski definition) is 5. The van der Waals surface area contributed by atoms with Gasteiger partial charge in [-0.25, -0.2) is 0 Å². The van der Waals surface area contributed by atoms with Crippen LogP contribution in [0.15, 0.2) is 4.52 Å². The minimum Gasteiger partial charge on any atom is -0.396 e. The van der Waals surface area contributed by atoms with Gasteiger partial charge in [0, 0.05) is 6.92 Å². The van der Waals surface area contributed by atoms with Gasteiger partial charge in [-0.2, -0.15) is 4.98 Å². The number of ketones is 1. The zero-order valence-corrected chi connectivity index (χ0v) is 6.07. The van der Waals surface area contributed by atoms with Gasteiger partial charge in [-0.1, -0.05) is 5.16 Å². The number of Topliss-reactive ketones (excluding diaryl/α,β-unsaturated/α-hetero) is 1. The Balaban J connectivity index is 2.73. The summed E-state index contributed by atoms with van der Waals surface area (Å²) in [6, 6.07) is 0. The van der Waals surface area contributed by atoms with Crippen molar-refractivity contribution in [3.05, 3.63) is 11.7 Å². The first-order valence-electron chi connectivity index (χ1n) is 3.18. The van der Waals surface area contributed by atoms with Crippen molar-refractivity contribution in [1.29, 1.82) is 0 Å². The van der Waals surface area contributed by atoms with Crippen LogP contribution in [0.5, 0.6) is 0 Å². The van der Waals surface area contributed by atoms with Crippen molar-refractivity contribution in [3.8, 4) is 0 Å². The zero-order valence-electron chi connectivity index (χ0n) is 6.07. The van der Waals surface area contributed by atoms with Crippen molar-refractivity contribution in [3.63, 3.8) is 0 Å². The molecule has 0 bridgehead atoms. The highest BCUT2D eigenvalue weighted by Crippen LogP contribution is 1.97. The lowest BCUT2D eigenvalue weighted by Gasteiger charge is -1.82. The SMILES string of the molecule is CC(=O)c1noc(CCO)n1.